The topological polar surface area (TPSA) is 12.0 Å². The van der Waals surface area contributed by atoms with Crippen LogP contribution in [0.25, 0.3) is 0 Å². The van der Waals surface area contributed by atoms with Gasteiger partial charge in [0.25, 0.3) is 0 Å². The van der Waals surface area contributed by atoms with Gasteiger partial charge >= 0.3 is 0 Å². The van der Waals surface area contributed by atoms with Crippen molar-refractivity contribution >= 4 is 0 Å². The molecular formula is C14H20FN. The molecule has 2 heteroatoms. The molecule has 0 radical (unpaired) electrons. The van der Waals surface area contributed by atoms with Gasteiger partial charge in [-0.25, -0.2) is 4.39 Å². The lowest BCUT2D eigenvalue weighted by molar-refractivity contribution is 0.330. The molecule has 1 saturated heterocycles. The molecule has 0 aliphatic carbocycles. The second kappa shape index (κ2) is 4.96. The second-order valence-electron chi connectivity index (χ2n) is 4.94. The predicted molar refractivity (Wildman–Crippen MR) is 65.1 cm³/mol. The monoisotopic (exact) mass is 221 g/mol. The number of piperidine rings is 1. The average molecular weight is 221 g/mol. The highest BCUT2D eigenvalue weighted by Crippen LogP contribution is 2.31. The molecule has 16 heavy (non-hydrogen) atoms. The fourth-order valence-corrected chi connectivity index (χ4v) is 2.64. The first-order valence-electron chi connectivity index (χ1n) is 6.14. The minimum atomic E-state index is -0.101. The smallest absolute Gasteiger partial charge is 0.123 e. The van der Waals surface area contributed by atoms with Crippen molar-refractivity contribution in [2.75, 3.05) is 13.1 Å². The highest BCUT2D eigenvalue weighted by Gasteiger charge is 2.21. The average Bonchev–Trinajstić information content (AvgIpc) is 2.28. The molecule has 1 atom stereocenters. The van der Waals surface area contributed by atoms with Crippen LogP contribution < -0.4 is 5.32 Å². The SMILES string of the molecule is Cc1cc(F)cc(C(C)C2CCNCC2)c1. The number of halogens is 1. The lowest BCUT2D eigenvalue weighted by Crippen LogP contribution is -2.30. The maximum absolute atomic E-state index is 13.3. The van der Waals surface area contributed by atoms with Gasteiger partial charge in [0.15, 0.2) is 0 Å². The third kappa shape index (κ3) is 2.62. The predicted octanol–water partition coefficient (Wildman–Crippen LogP) is 3.24. The molecule has 1 N–H and O–H groups in total. The zero-order valence-electron chi connectivity index (χ0n) is 10.1. The van der Waals surface area contributed by atoms with Crippen LogP contribution in [0.2, 0.25) is 0 Å². The molecule has 1 aromatic rings. The van der Waals surface area contributed by atoms with E-state index in [1.54, 1.807) is 12.1 Å². The number of hydrogen-bond acceptors (Lipinski definition) is 1. The first kappa shape index (κ1) is 11.6. The Morgan fingerprint density at radius 3 is 2.56 bits per heavy atom. The van der Waals surface area contributed by atoms with E-state index in [0.717, 1.165) is 24.2 Å². The van der Waals surface area contributed by atoms with Crippen LogP contribution in [0.3, 0.4) is 0 Å². The number of hydrogen-bond donors (Lipinski definition) is 1. The summed E-state index contributed by atoms with van der Waals surface area (Å²) >= 11 is 0. The first-order chi connectivity index (χ1) is 7.66. The van der Waals surface area contributed by atoms with Gasteiger partial charge in [-0.05, 0) is 68.0 Å². The van der Waals surface area contributed by atoms with Gasteiger partial charge < -0.3 is 5.32 Å². The summed E-state index contributed by atoms with van der Waals surface area (Å²) in [4.78, 5) is 0. The van der Waals surface area contributed by atoms with Crippen LogP contribution in [0, 0.1) is 18.7 Å². The standard InChI is InChI=1S/C14H20FN/c1-10-7-13(9-14(15)8-10)11(2)12-3-5-16-6-4-12/h7-9,11-12,16H,3-6H2,1-2H3. The Morgan fingerprint density at radius 1 is 1.25 bits per heavy atom. The van der Waals surface area contributed by atoms with Crippen molar-refractivity contribution in [3.05, 3.63) is 35.1 Å². The largest absolute Gasteiger partial charge is 0.317 e. The summed E-state index contributed by atoms with van der Waals surface area (Å²) in [5.41, 5.74) is 2.18. The Hall–Kier alpha value is -0.890. The van der Waals surface area contributed by atoms with E-state index in [-0.39, 0.29) is 5.82 Å². The van der Waals surface area contributed by atoms with Gasteiger partial charge in [0.2, 0.25) is 0 Å². The van der Waals surface area contributed by atoms with Crippen LogP contribution in [0.5, 0.6) is 0 Å². The molecule has 0 spiro atoms. The van der Waals surface area contributed by atoms with E-state index in [4.69, 9.17) is 0 Å². The van der Waals surface area contributed by atoms with E-state index >= 15 is 0 Å². The van der Waals surface area contributed by atoms with Crippen molar-refractivity contribution in [1.29, 1.82) is 0 Å². The fraction of sp³-hybridized carbons (Fsp3) is 0.571. The molecule has 0 amide bonds. The Morgan fingerprint density at radius 2 is 1.94 bits per heavy atom. The fourth-order valence-electron chi connectivity index (χ4n) is 2.64. The third-order valence-electron chi connectivity index (χ3n) is 3.68. The van der Waals surface area contributed by atoms with Gasteiger partial charge in [-0.15, -0.1) is 0 Å². The van der Waals surface area contributed by atoms with E-state index in [9.17, 15) is 4.39 Å². The highest BCUT2D eigenvalue weighted by atomic mass is 19.1. The van der Waals surface area contributed by atoms with Crippen LogP contribution in [0.15, 0.2) is 18.2 Å². The van der Waals surface area contributed by atoms with Crippen LogP contribution in [-0.4, -0.2) is 13.1 Å². The first-order valence-corrected chi connectivity index (χ1v) is 6.14. The van der Waals surface area contributed by atoms with Crippen molar-refractivity contribution in [3.63, 3.8) is 0 Å². The van der Waals surface area contributed by atoms with Crippen molar-refractivity contribution in [3.8, 4) is 0 Å². The van der Waals surface area contributed by atoms with Crippen LogP contribution in [0.1, 0.15) is 36.8 Å². The summed E-state index contributed by atoms with van der Waals surface area (Å²) in [7, 11) is 0. The minimum Gasteiger partial charge on any atom is -0.317 e. The Kier molecular flexibility index (Phi) is 3.59. The molecule has 1 aliphatic heterocycles. The van der Waals surface area contributed by atoms with Crippen LogP contribution >= 0.6 is 0 Å². The highest BCUT2D eigenvalue weighted by molar-refractivity contribution is 5.26. The number of benzene rings is 1. The lowest BCUT2D eigenvalue weighted by atomic mass is 9.81. The summed E-state index contributed by atoms with van der Waals surface area (Å²) < 4.78 is 13.3. The van der Waals surface area contributed by atoms with E-state index in [1.165, 1.54) is 12.8 Å². The summed E-state index contributed by atoms with van der Waals surface area (Å²) in [5.74, 6) is 1.06. The van der Waals surface area contributed by atoms with Gasteiger partial charge in [0, 0.05) is 0 Å². The Bertz CT molecular complexity index is 336. The number of rotatable bonds is 2. The molecule has 0 saturated carbocycles. The maximum Gasteiger partial charge on any atom is 0.123 e. The maximum atomic E-state index is 13.3. The van der Waals surface area contributed by atoms with Gasteiger partial charge in [-0.2, -0.15) is 0 Å². The molecule has 2 rings (SSSR count). The van der Waals surface area contributed by atoms with E-state index in [2.05, 4.69) is 18.3 Å². The molecule has 1 fully saturated rings. The summed E-state index contributed by atoms with van der Waals surface area (Å²) in [6.07, 6.45) is 2.41. The number of aryl methyl sites for hydroxylation is 1. The quantitative estimate of drug-likeness (QED) is 0.808. The van der Waals surface area contributed by atoms with Crippen LogP contribution in [-0.2, 0) is 0 Å². The third-order valence-corrected chi connectivity index (χ3v) is 3.68. The van der Waals surface area contributed by atoms with Crippen molar-refractivity contribution < 1.29 is 4.39 Å². The molecule has 1 aliphatic rings. The molecule has 1 unspecified atom stereocenters. The molecule has 1 heterocycles. The van der Waals surface area contributed by atoms with Crippen LogP contribution in [0.4, 0.5) is 4.39 Å². The molecule has 0 bridgehead atoms. The molecule has 1 aromatic carbocycles. The number of nitrogens with one attached hydrogen (secondary N) is 1. The molecular weight excluding hydrogens is 201 g/mol. The normalized spacial score (nSPS) is 19.7. The van der Waals surface area contributed by atoms with Crippen molar-refractivity contribution in [2.45, 2.75) is 32.6 Å². The van der Waals surface area contributed by atoms with E-state index in [1.807, 2.05) is 6.92 Å². The van der Waals surface area contributed by atoms with E-state index in [0.29, 0.717) is 11.8 Å². The van der Waals surface area contributed by atoms with Gasteiger partial charge in [-0.1, -0.05) is 13.0 Å². The summed E-state index contributed by atoms with van der Waals surface area (Å²) in [5, 5.41) is 3.37. The van der Waals surface area contributed by atoms with E-state index < -0.39 is 0 Å². The molecule has 88 valence electrons. The minimum absolute atomic E-state index is 0.101. The van der Waals surface area contributed by atoms with Gasteiger partial charge in [0.1, 0.15) is 5.82 Å². The van der Waals surface area contributed by atoms with Crippen molar-refractivity contribution in [1.82, 2.24) is 5.32 Å². The lowest BCUT2D eigenvalue weighted by Gasteiger charge is -2.28. The van der Waals surface area contributed by atoms with Gasteiger partial charge in [-0.3, -0.25) is 0 Å². The molecule has 1 nitrogen and oxygen atoms in total. The molecule has 0 aromatic heterocycles. The van der Waals surface area contributed by atoms with Crippen molar-refractivity contribution in [2.24, 2.45) is 5.92 Å². The zero-order chi connectivity index (χ0) is 11.5. The summed E-state index contributed by atoms with van der Waals surface area (Å²) in [6, 6.07) is 5.41. The summed E-state index contributed by atoms with van der Waals surface area (Å²) in [6.45, 7) is 6.39. The second-order valence-corrected chi connectivity index (χ2v) is 4.94. The Balaban J connectivity index is 2.15. The Labute approximate surface area is 97.1 Å². The zero-order valence-corrected chi connectivity index (χ0v) is 10.1. The van der Waals surface area contributed by atoms with Gasteiger partial charge in [0.05, 0.1) is 0 Å².